The molecule has 3 aromatic rings. The third kappa shape index (κ3) is 3.97. The van der Waals surface area contributed by atoms with Crippen molar-refractivity contribution in [3.63, 3.8) is 0 Å². The first-order valence-electron chi connectivity index (χ1n) is 11.1. The quantitative estimate of drug-likeness (QED) is 0.419. The number of amides is 3. The number of thiazole rings is 1. The summed E-state index contributed by atoms with van der Waals surface area (Å²) in [7, 11) is 0. The van der Waals surface area contributed by atoms with E-state index in [2.05, 4.69) is 12.1 Å². The molecule has 1 aromatic heterocycles. The number of likely N-dealkylation sites (tertiary alicyclic amines) is 1. The molecule has 0 radical (unpaired) electrons. The van der Waals surface area contributed by atoms with Crippen LogP contribution in [-0.2, 0) is 20.9 Å². The Morgan fingerprint density at radius 2 is 1.73 bits per heavy atom. The van der Waals surface area contributed by atoms with Crippen molar-refractivity contribution >= 4 is 44.4 Å². The molecule has 1 aliphatic heterocycles. The molecule has 0 N–H and O–H groups in total. The fraction of sp³-hybridized carbons (Fsp3) is 0.308. The highest BCUT2D eigenvalue weighted by Crippen LogP contribution is 2.36. The summed E-state index contributed by atoms with van der Waals surface area (Å²) in [5.41, 5.74) is 4.02. The van der Waals surface area contributed by atoms with Gasteiger partial charge < -0.3 is 0 Å². The van der Waals surface area contributed by atoms with Crippen LogP contribution in [0.25, 0.3) is 10.2 Å². The Morgan fingerprint density at radius 3 is 2.39 bits per heavy atom. The average Bonchev–Trinajstić information content (AvgIpc) is 3.33. The molecule has 6 nitrogen and oxygen atoms in total. The lowest BCUT2D eigenvalue weighted by atomic mass is 9.85. The van der Waals surface area contributed by atoms with Crippen LogP contribution in [0.4, 0.5) is 5.13 Å². The molecule has 7 heteroatoms. The smallest absolute Gasteiger partial charge is 0.249 e. The molecule has 1 fully saturated rings. The molecule has 0 saturated carbocycles. The molecular formula is C26H25N3O3S. The van der Waals surface area contributed by atoms with Crippen LogP contribution in [0.1, 0.15) is 29.5 Å². The van der Waals surface area contributed by atoms with Gasteiger partial charge in [0, 0.05) is 0 Å². The molecule has 0 spiro atoms. The Hall–Kier alpha value is -3.32. The van der Waals surface area contributed by atoms with Crippen LogP contribution in [0.2, 0.25) is 0 Å². The van der Waals surface area contributed by atoms with Crippen LogP contribution in [0, 0.1) is 25.7 Å². The number of carbonyl (C=O) groups excluding carboxylic acids is 3. The van der Waals surface area contributed by atoms with Gasteiger partial charge in [0.15, 0.2) is 5.13 Å². The molecule has 2 atom stereocenters. The van der Waals surface area contributed by atoms with Crippen LogP contribution in [-0.4, -0.2) is 34.2 Å². The molecule has 2 aromatic carbocycles. The second-order valence-corrected chi connectivity index (χ2v) is 9.82. The summed E-state index contributed by atoms with van der Waals surface area (Å²) in [4.78, 5) is 46.9. The van der Waals surface area contributed by atoms with E-state index < -0.39 is 0 Å². The maximum atomic E-state index is 13.6. The van der Waals surface area contributed by atoms with Crippen LogP contribution in [0.3, 0.4) is 0 Å². The second-order valence-electron chi connectivity index (χ2n) is 8.81. The molecule has 1 aliphatic carbocycles. The number of hydrogen-bond acceptors (Lipinski definition) is 5. The van der Waals surface area contributed by atoms with Gasteiger partial charge in [-0.2, -0.15) is 0 Å². The Labute approximate surface area is 196 Å². The SMILES string of the molecule is Cc1cc(C)c2nc(N(Cc3ccccc3)C(=O)CN3C(=O)C4CC=CCC4C3=O)sc2c1. The molecule has 5 rings (SSSR count). The van der Waals surface area contributed by atoms with Crippen LogP contribution in [0.5, 0.6) is 0 Å². The summed E-state index contributed by atoms with van der Waals surface area (Å²) < 4.78 is 1.01. The van der Waals surface area contributed by atoms with E-state index in [-0.39, 0.29) is 36.1 Å². The number of imide groups is 1. The average molecular weight is 460 g/mol. The summed E-state index contributed by atoms with van der Waals surface area (Å²) in [6.07, 6.45) is 5.02. The number of nitrogens with zero attached hydrogens (tertiary/aromatic N) is 3. The lowest BCUT2D eigenvalue weighted by Crippen LogP contribution is -2.43. The first-order valence-corrected chi connectivity index (χ1v) is 12.0. The lowest BCUT2D eigenvalue weighted by Gasteiger charge is -2.23. The van der Waals surface area contributed by atoms with E-state index in [4.69, 9.17) is 4.98 Å². The van der Waals surface area contributed by atoms with Crippen molar-refractivity contribution in [1.82, 2.24) is 9.88 Å². The van der Waals surface area contributed by atoms with Gasteiger partial charge in [-0.3, -0.25) is 24.2 Å². The number of fused-ring (bicyclic) bond motifs is 2. The van der Waals surface area contributed by atoms with E-state index in [0.717, 1.165) is 31.8 Å². The topological polar surface area (TPSA) is 70.6 Å². The molecule has 0 bridgehead atoms. The van der Waals surface area contributed by atoms with Gasteiger partial charge in [0.25, 0.3) is 0 Å². The summed E-state index contributed by atoms with van der Waals surface area (Å²) in [5.74, 6) is -1.46. The minimum Gasteiger partial charge on any atom is -0.282 e. The Kier molecular flexibility index (Phi) is 5.58. The van der Waals surface area contributed by atoms with Gasteiger partial charge in [-0.25, -0.2) is 4.98 Å². The fourth-order valence-corrected chi connectivity index (χ4v) is 5.91. The minimum atomic E-state index is -0.342. The van der Waals surface area contributed by atoms with Gasteiger partial charge in [-0.05, 0) is 49.4 Å². The standard InChI is InChI=1S/C26H25N3O3S/c1-16-12-17(2)23-21(13-16)33-26(27-23)28(14-18-8-4-3-5-9-18)22(30)15-29-24(31)19-10-6-7-11-20(19)25(29)32/h3-9,12-13,19-20H,10-11,14-15H2,1-2H3. The van der Waals surface area contributed by atoms with Gasteiger partial charge >= 0.3 is 0 Å². The lowest BCUT2D eigenvalue weighted by molar-refractivity contribution is -0.143. The summed E-state index contributed by atoms with van der Waals surface area (Å²) in [6.45, 7) is 4.12. The fourth-order valence-electron chi connectivity index (χ4n) is 4.75. The molecule has 2 unspecified atom stereocenters. The van der Waals surface area contributed by atoms with Gasteiger partial charge in [0.05, 0.1) is 28.6 Å². The molecule has 2 aliphatic rings. The largest absolute Gasteiger partial charge is 0.282 e. The number of aromatic nitrogens is 1. The zero-order chi connectivity index (χ0) is 23.1. The van der Waals surface area contributed by atoms with E-state index in [1.54, 1.807) is 4.90 Å². The van der Waals surface area contributed by atoms with Crippen molar-refractivity contribution in [3.05, 3.63) is 71.3 Å². The van der Waals surface area contributed by atoms with E-state index >= 15 is 0 Å². The van der Waals surface area contributed by atoms with Crippen molar-refractivity contribution in [2.24, 2.45) is 11.8 Å². The molecule has 168 valence electrons. The molecule has 1 saturated heterocycles. The monoisotopic (exact) mass is 459 g/mol. The number of allylic oxidation sites excluding steroid dienone is 2. The zero-order valence-corrected chi connectivity index (χ0v) is 19.5. The van der Waals surface area contributed by atoms with Crippen LogP contribution in [0.15, 0.2) is 54.6 Å². The third-order valence-electron chi connectivity index (χ3n) is 6.43. The van der Waals surface area contributed by atoms with E-state index in [1.807, 2.05) is 56.3 Å². The number of hydrogen-bond donors (Lipinski definition) is 0. The maximum absolute atomic E-state index is 13.6. The van der Waals surface area contributed by atoms with Crippen LogP contribution < -0.4 is 4.90 Å². The predicted octanol–water partition coefficient (Wildman–Crippen LogP) is 4.40. The normalized spacial score (nSPS) is 19.9. The number of anilines is 1. The Balaban J connectivity index is 1.47. The van der Waals surface area contributed by atoms with Crippen molar-refractivity contribution in [2.45, 2.75) is 33.2 Å². The highest BCUT2D eigenvalue weighted by molar-refractivity contribution is 7.22. The Bertz CT molecular complexity index is 1250. The van der Waals surface area contributed by atoms with Crippen molar-refractivity contribution in [3.8, 4) is 0 Å². The van der Waals surface area contributed by atoms with E-state index in [9.17, 15) is 14.4 Å². The maximum Gasteiger partial charge on any atom is 0.249 e. The van der Waals surface area contributed by atoms with Crippen molar-refractivity contribution < 1.29 is 14.4 Å². The first kappa shape index (κ1) is 21.5. The highest BCUT2D eigenvalue weighted by Gasteiger charge is 2.48. The summed E-state index contributed by atoms with van der Waals surface area (Å²) >= 11 is 1.46. The van der Waals surface area contributed by atoms with Crippen LogP contribution >= 0.6 is 11.3 Å². The Morgan fingerprint density at radius 1 is 1.06 bits per heavy atom. The minimum absolute atomic E-state index is 0.238. The summed E-state index contributed by atoms with van der Waals surface area (Å²) in [6, 6.07) is 13.8. The van der Waals surface area contributed by atoms with E-state index in [1.165, 1.54) is 11.3 Å². The van der Waals surface area contributed by atoms with E-state index in [0.29, 0.717) is 24.5 Å². The number of benzene rings is 2. The molecule has 3 amide bonds. The van der Waals surface area contributed by atoms with Gasteiger partial charge in [-0.1, -0.05) is 59.9 Å². The van der Waals surface area contributed by atoms with Crippen molar-refractivity contribution in [1.29, 1.82) is 0 Å². The number of aryl methyl sites for hydroxylation is 2. The first-order chi connectivity index (χ1) is 15.9. The molecular weight excluding hydrogens is 434 g/mol. The summed E-state index contributed by atoms with van der Waals surface area (Å²) in [5, 5.41) is 0.575. The number of rotatable bonds is 5. The van der Waals surface area contributed by atoms with Gasteiger partial charge in [-0.15, -0.1) is 0 Å². The molecule has 33 heavy (non-hydrogen) atoms. The van der Waals surface area contributed by atoms with Crippen molar-refractivity contribution in [2.75, 3.05) is 11.4 Å². The second kappa shape index (κ2) is 8.56. The third-order valence-corrected chi connectivity index (χ3v) is 7.45. The predicted molar refractivity (Wildman–Crippen MR) is 129 cm³/mol. The zero-order valence-electron chi connectivity index (χ0n) is 18.7. The van der Waals surface area contributed by atoms with Gasteiger partial charge in [0.1, 0.15) is 6.54 Å². The molecule has 2 heterocycles. The van der Waals surface area contributed by atoms with Gasteiger partial charge in [0.2, 0.25) is 17.7 Å². The highest BCUT2D eigenvalue weighted by atomic mass is 32.1. The number of carbonyl (C=O) groups is 3.